The van der Waals surface area contributed by atoms with E-state index in [1.54, 1.807) is 25.1 Å². The number of carbonyl (C=O) groups excluding carboxylic acids is 3. The van der Waals surface area contributed by atoms with Crippen LogP contribution in [0, 0.1) is 20.8 Å². The number of anilines is 1. The number of barbiturate groups is 1. The number of amides is 4. The first-order chi connectivity index (χ1) is 19.7. The first-order valence-electron chi connectivity index (χ1n) is 13.2. The zero-order valence-electron chi connectivity index (χ0n) is 23.2. The summed E-state index contributed by atoms with van der Waals surface area (Å²) in [4.78, 5) is 39.9. The molecule has 4 aromatic rings. The summed E-state index contributed by atoms with van der Waals surface area (Å²) in [5, 5.41) is 4.73. The third kappa shape index (κ3) is 5.54. The van der Waals surface area contributed by atoms with Crippen LogP contribution in [-0.4, -0.2) is 24.5 Å². The van der Waals surface area contributed by atoms with E-state index in [2.05, 4.69) is 29.6 Å². The Bertz CT molecular complexity index is 1740. The molecule has 0 unspecified atom stereocenters. The highest BCUT2D eigenvalue weighted by atomic mass is 35.5. The van der Waals surface area contributed by atoms with Crippen molar-refractivity contribution in [3.63, 3.8) is 0 Å². The molecule has 8 heteroatoms. The van der Waals surface area contributed by atoms with Crippen LogP contribution in [0.2, 0.25) is 5.02 Å². The van der Waals surface area contributed by atoms with Crippen molar-refractivity contribution < 1.29 is 23.9 Å². The minimum atomic E-state index is -0.800. The van der Waals surface area contributed by atoms with Gasteiger partial charge in [0, 0.05) is 5.56 Å². The standard InChI is InChI=1S/C33H29ClN2O5/c1-5-40-29-17-22(15-25-31(37)35-33(39)36(32(25)38)28-14-19(2)10-11-21(28)4)16-27(34)30(29)41-18-26-20(3)12-13-23-8-6-7-9-24(23)26/h6-17H,5,18H2,1-4H3,(H,35,37,39)/b25-15+. The van der Waals surface area contributed by atoms with Crippen LogP contribution >= 0.6 is 11.6 Å². The number of carbonyl (C=O) groups is 3. The van der Waals surface area contributed by atoms with Crippen molar-refractivity contribution in [1.82, 2.24) is 5.32 Å². The Balaban J connectivity index is 1.49. The van der Waals surface area contributed by atoms with Gasteiger partial charge in [0.05, 0.1) is 17.3 Å². The minimum absolute atomic E-state index is 0.205. The SMILES string of the molecule is CCOc1cc(/C=C2\C(=O)NC(=O)N(c3cc(C)ccc3C)C2=O)cc(Cl)c1OCc1c(C)ccc2ccccc12. The zero-order chi connectivity index (χ0) is 29.3. The molecule has 0 radical (unpaired) electrons. The van der Waals surface area contributed by atoms with E-state index in [0.717, 1.165) is 37.9 Å². The van der Waals surface area contributed by atoms with Crippen molar-refractivity contribution in [3.8, 4) is 11.5 Å². The number of benzene rings is 4. The van der Waals surface area contributed by atoms with E-state index >= 15 is 0 Å². The first-order valence-corrected chi connectivity index (χ1v) is 13.6. The van der Waals surface area contributed by atoms with E-state index in [0.29, 0.717) is 29.4 Å². The molecule has 1 aliphatic rings. The van der Waals surface area contributed by atoms with Gasteiger partial charge in [0.25, 0.3) is 11.8 Å². The molecule has 0 saturated carbocycles. The summed E-state index contributed by atoms with van der Waals surface area (Å²) in [5.41, 5.74) is 4.36. The second kappa shape index (κ2) is 11.5. The molecule has 208 valence electrons. The third-order valence-electron chi connectivity index (χ3n) is 6.99. The van der Waals surface area contributed by atoms with E-state index in [1.165, 1.54) is 6.08 Å². The molecular formula is C33H29ClN2O5. The van der Waals surface area contributed by atoms with E-state index in [-0.39, 0.29) is 17.2 Å². The van der Waals surface area contributed by atoms with Gasteiger partial charge in [-0.05, 0) is 85.0 Å². The molecule has 0 bridgehead atoms. The highest BCUT2D eigenvalue weighted by Crippen LogP contribution is 2.39. The van der Waals surface area contributed by atoms with Crippen LogP contribution in [0.5, 0.6) is 11.5 Å². The van der Waals surface area contributed by atoms with E-state index in [4.69, 9.17) is 21.1 Å². The number of nitrogens with zero attached hydrogens (tertiary/aromatic N) is 1. The maximum atomic E-state index is 13.5. The lowest BCUT2D eigenvalue weighted by Gasteiger charge is -2.28. The number of aryl methyl sites for hydroxylation is 3. The largest absolute Gasteiger partial charge is 0.490 e. The Morgan fingerprint density at radius 1 is 0.902 bits per heavy atom. The fourth-order valence-corrected chi connectivity index (χ4v) is 5.13. The average molecular weight is 569 g/mol. The van der Waals surface area contributed by atoms with E-state index in [1.807, 2.05) is 45.0 Å². The van der Waals surface area contributed by atoms with Crippen LogP contribution in [0.3, 0.4) is 0 Å². The molecule has 7 nitrogen and oxygen atoms in total. The van der Waals surface area contributed by atoms with Crippen molar-refractivity contribution in [1.29, 1.82) is 0 Å². The molecule has 1 aliphatic heterocycles. The maximum absolute atomic E-state index is 13.5. The van der Waals surface area contributed by atoms with Crippen molar-refractivity contribution in [2.75, 3.05) is 11.5 Å². The number of hydrogen-bond acceptors (Lipinski definition) is 5. The van der Waals surface area contributed by atoms with Crippen molar-refractivity contribution in [2.24, 2.45) is 0 Å². The number of nitrogens with one attached hydrogen (secondary N) is 1. The highest BCUT2D eigenvalue weighted by molar-refractivity contribution is 6.39. The smallest absolute Gasteiger partial charge is 0.335 e. The van der Waals surface area contributed by atoms with Gasteiger partial charge in [-0.2, -0.15) is 0 Å². The molecule has 1 N–H and O–H groups in total. The second-order valence-electron chi connectivity index (χ2n) is 9.88. The Hall–Kier alpha value is -4.62. The number of urea groups is 1. The number of fused-ring (bicyclic) bond motifs is 1. The zero-order valence-corrected chi connectivity index (χ0v) is 24.0. The molecule has 0 spiro atoms. The summed E-state index contributed by atoms with van der Waals surface area (Å²) < 4.78 is 12.1. The first kappa shape index (κ1) is 27.9. The monoisotopic (exact) mass is 568 g/mol. The molecule has 0 atom stereocenters. The Morgan fingerprint density at radius 3 is 2.44 bits per heavy atom. The fourth-order valence-electron chi connectivity index (χ4n) is 4.86. The van der Waals surface area contributed by atoms with Gasteiger partial charge in [0.15, 0.2) is 11.5 Å². The summed E-state index contributed by atoms with van der Waals surface area (Å²) in [7, 11) is 0. The van der Waals surface area contributed by atoms with Crippen LogP contribution in [0.25, 0.3) is 16.8 Å². The van der Waals surface area contributed by atoms with Crippen molar-refractivity contribution in [3.05, 3.63) is 105 Å². The molecule has 0 aliphatic carbocycles. The van der Waals surface area contributed by atoms with Gasteiger partial charge in [-0.25, -0.2) is 9.69 Å². The highest BCUT2D eigenvalue weighted by Gasteiger charge is 2.37. The molecule has 4 amide bonds. The lowest BCUT2D eigenvalue weighted by atomic mass is 10.0. The number of hydrogen-bond donors (Lipinski definition) is 1. The fraction of sp³-hybridized carbons (Fsp3) is 0.182. The van der Waals surface area contributed by atoms with Crippen molar-refractivity contribution >= 4 is 52.0 Å². The molecule has 1 heterocycles. The molecule has 1 fully saturated rings. The van der Waals surface area contributed by atoms with Crippen LogP contribution < -0.4 is 19.7 Å². The van der Waals surface area contributed by atoms with E-state index in [9.17, 15) is 14.4 Å². The molecule has 41 heavy (non-hydrogen) atoms. The summed E-state index contributed by atoms with van der Waals surface area (Å²) in [6, 6.07) is 20.1. The number of halogens is 1. The van der Waals surface area contributed by atoms with E-state index < -0.39 is 17.8 Å². The Labute approximate surface area is 243 Å². The lowest BCUT2D eigenvalue weighted by molar-refractivity contribution is -0.122. The van der Waals surface area contributed by atoms with Gasteiger partial charge in [-0.15, -0.1) is 0 Å². The molecule has 4 aromatic carbocycles. The average Bonchev–Trinajstić information content (AvgIpc) is 2.93. The maximum Gasteiger partial charge on any atom is 0.335 e. The Morgan fingerprint density at radius 2 is 1.66 bits per heavy atom. The van der Waals surface area contributed by atoms with Gasteiger partial charge < -0.3 is 9.47 Å². The summed E-state index contributed by atoms with van der Waals surface area (Å²) in [5.74, 6) is -0.791. The normalized spacial score (nSPS) is 14.5. The summed E-state index contributed by atoms with van der Waals surface area (Å²) >= 11 is 6.69. The molecular weight excluding hydrogens is 540 g/mol. The molecule has 1 saturated heterocycles. The minimum Gasteiger partial charge on any atom is -0.490 e. The molecule has 5 rings (SSSR count). The van der Waals surface area contributed by atoms with Gasteiger partial charge >= 0.3 is 6.03 Å². The van der Waals surface area contributed by atoms with Crippen LogP contribution in [0.15, 0.2) is 72.3 Å². The van der Waals surface area contributed by atoms with Gasteiger partial charge in [-0.3, -0.25) is 14.9 Å². The van der Waals surface area contributed by atoms with Gasteiger partial charge in [0.2, 0.25) is 0 Å². The van der Waals surface area contributed by atoms with Crippen LogP contribution in [-0.2, 0) is 16.2 Å². The predicted octanol–water partition coefficient (Wildman–Crippen LogP) is 7.06. The summed E-state index contributed by atoms with van der Waals surface area (Å²) in [6.07, 6.45) is 1.40. The Kier molecular flexibility index (Phi) is 7.81. The third-order valence-corrected chi connectivity index (χ3v) is 7.27. The number of rotatable bonds is 7. The number of ether oxygens (including phenoxy) is 2. The molecule has 0 aromatic heterocycles. The van der Waals surface area contributed by atoms with Crippen LogP contribution in [0.1, 0.15) is 34.7 Å². The number of imide groups is 2. The topological polar surface area (TPSA) is 84.9 Å². The lowest BCUT2D eigenvalue weighted by Crippen LogP contribution is -2.54. The quantitative estimate of drug-likeness (QED) is 0.190. The van der Waals surface area contributed by atoms with Crippen molar-refractivity contribution in [2.45, 2.75) is 34.3 Å². The van der Waals surface area contributed by atoms with Crippen LogP contribution in [0.4, 0.5) is 10.5 Å². The van der Waals surface area contributed by atoms with Gasteiger partial charge in [0.1, 0.15) is 12.2 Å². The second-order valence-corrected chi connectivity index (χ2v) is 10.3. The predicted molar refractivity (Wildman–Crippen MR) is 161 cm³/mol. The van der Waals surface area contributed by atoms with Gasteiger partial charge in [-0.1, -0.05) is 60.1 Å². The summed E-state index contributed by atoms with van der Waals surface area (Å²) in [6.45, 7) is 8.13.